The minimum absolute atomic E-state index is 0. The molecule has 102 valence electrons. The van der Waals surface area contributed by atoms with Gasteiger partial charge in [0.05, 0.1) is 0 Å². The molecule has 1 aromatic rings. The van der Waals surface area contributed by atoms with Gasteiger partial charge in [0.1, 0.15) is 0 Å². The van der Waals surface area contributed by atoms with Crippen molar-refractivity contribution in [2.45, 2.75) is 38.8 Å². The molecule has 0 aliphatic carbocycles. The highest BCUT2D eigenvalue weighted by Gasteiger charge is 2.18. The molecule has 1 aromatic carbocycles. The van der Waals surface area contributed by atoms with Crippen LogP contribution in [0.4, 0.5) is 0 Å². The van der Waals surface area contributed by atoms with Crippen molar-refractivity contribution in [3.8, 4) is 0 Å². The Labute approximate surface area is 121 Å². The maximum atomic E-state index is 6.31. The van der Waals surface area contributed by atoms with E-state index in [1.54, 1.807) is 0 Å². The van der Waals surface area contributed by atoms with E-state index in [-0.39, 0.29) is 12.4 Å². The molecule has 2 nitrogen and oxygen atoms in total. The van der Waals surface area contributed by atoms with Gasteiger partial charge in [-0.3, -0.25) is 4.90 Å². The third kappa shape index (κ3) is 3.86. The second kappa shape index (κ2) is 7.34. The molecule has 0 spiro atoms. The molecule has 0 radical (unpaired) electrons. The highest BCUT2D eigenvalue weighted by atomic mass is 35.5. The maximum absolute atomic E-state index is 6.31. The largest absolute Gasteiger partial charge is 0.327 e. The van der Waals surface area contributed by atoms with E-state index in [9.17, 15) is 0 Å². The minimum Gasteiger partial charge on any atom is -0.327 e. The van der Waals surface area contributed by atoms with Crippen molar-refractivity contribution in [1.29, 1.82) is 0 Å². The second-order valence-electron chi connectivity index (χ2n) is 4.87. The average Bonchev–Trinajstić information content (AvgIpc) is 2.32. The predicted molar refractivity (Wildman–Crippen MR) is 80.6 cm³/mol. The first-order valence-corrected chi connectivity index (χ1v) is 6.82. The molecule has 2 rings (SSSR count). The lowest BCUT2D eigenvalue weighted by atomic mass is 10.0. The molecule has 1 aliphatic heterocycles. The van der Waals surface area contributed by atoms with Gasteiger partial charge in [0.15, 0.2) is 0 Å². The molecule has 2 N–H and O–H groups in total. The van der Waals surface area contributed by atoms with Crippen molar-refractivity contribution < 1.29 is 0 Å². The van der Waals surface area contributed by atoms with Crippen LogP contribution in [-0.2, 0) is 13.0 Å². The van der Waals surface area contributed by atoms with Crippen LogP contribution in [0.1, 0.15) is 30.9 Å². The number of hydrogen-bond acceptors (Lipinski definition) is 2. The number of piperidine rings is 1. The van der Waals surface area contributed by atoms with Crippen LogP contribution >= 0.6 is 24.0 Å². The third-order valence-corrected chi connectivity index (χ3v) is 3.87. The minimum atomic E-state index is 0. The standard InChI is InChI=1S/C14H21ClN2.ClH/c1-2-11-5-3-7-14(15)13(11)10-17-8-4-6-12(16)9-17;/h3,5,7,12H,2,4,6,8-10,16H2,1H3;1H/t12-;/m1./s1. The monoisotopic (exact) mass is 288 g/mol. The van der Waals surface area contributed by atoms with Gasteiger partial charge in [-0.1, -0.05) is 30.7 Å². The Balaban J connectivity index is 0.00000162. The van der Waals surface area contributed by atoms with Gasteiger partial charge >= 0.3 is 0 Å². The molecular formula is C14H22Cl2N2. The summed E-state index contributed by atoms with van der Waals surface area (Å²) in [5.41, 5.74) is 8.65. The summed E-state index contributed by atoms with van der Waals surface area (Å²) in [6.07, 6.45) is 3.39. The molecule has 1 aliphatic rings. The second-order valence-corrected chi connectivity index (χ2v) is 5.28. The van der Waals surface area contributed by atoms with Crippen molar-refractivity contribution in [3.05, 3.63) is 34.3 Å². The van der Waals surface area contributed by atoms with Crippen molar-refractivity contribution >= 4 is 24.0 Å². The van der Waals surface area contributed by atoms with Gasteiger partial charge in [0.2, 0.25) is 0 Å². The maximum Gasteiger partial charge on any atom is 0.0453 e. The van der Waals surface area contributed by atoms with Gasteiger partial charge in [-0.15, -0.1) is 12.4 Å². The summed E-state index contributed by atoms with van der Waals surface area (Å²) in [5.74, 6) is 0. The van der Waals surface area contributed by atoms with Crippen molar-refractivity contribution in [2.24, 2.45) is 5.73 Å². The number of halogens is 2. The summed E-state index contributed by atoms with van der Waals surface area (Å²) in [6, 6.07) is 6.52. The van der Waals surface area contributed by atoms with E-state index in [1.807, 2.05) is 12.1 Å². The van der Waals surface area contributed by atoms with E-state index in [0.717, 1.165) is 37.5 Å². The van der Waals surface area contributed by atoms with Gasteiger partial charge in [-0.25, -0.2) is 0 Å². The fourth-order valence-corrected chi connectivity index (χ4v) is 2.82. The van der Waals surface area contributed by atoms with Crippen molar-refractivity contribution in [3.63, 3.8) is 0 Å². The van der Waals surface area contributed by atoms with E-state index in [4.69, 9.17) is 17.3 Å². The first kappa shape index (κ1) is 15.8. The molecule has 1 atom stereocenters. The van der Waals surface area contributed by atoms with Crippen LogP contribution < -0.4 is 5.73 Å². The van der Waals surface area contributed by atoms with Crippen LogP contribution in [0.25, 0.3) is 0 Å². The molecule has 1 fully saturated rings. The van der Waals surface area contributed by atoms with Crippen LogP contribution in [0.5, 0.6) is 0 Å². The number of benzene rings is 1. The Hall–Kier alpha value is -0.280. The Morgan fingerprint density at radius 3 is 2.89 bits per heavy atom. The Morgan fingerprint density at radius 2 is 2.22 bits per heavy atom. The number of rotatable bonds is 3. The first-order valence-electron chi connectivity index (χ1n) is 6.45. The van der Waals surface area contributed by atoms with Crippen molar-refractivity contribution in [2.75, 3.05) is 13.1 Å². The molecule has 1 saturated heterocycles. The molecule has 0 aromatic heterocycles. The van der Waals surface area contributed by atoms with E-state index in [0.29, 0.717) is 6.04 Å². The van der Waals surface area contributed by atoms with Gasteiger partial charge < -0.3 is 5.73 Å². The van der Waals surface area contributed by atoms with Gasteiger partial charge in [-0.2, -0.15) is 0 Å². The molecular weight excluding hydrogens is 267 g/mol. The molecule has 0 bridgehead atoms. The van der Waals surface area contributed by atoms with E-state index < -0.39 is 0 Å². The lowest BCUT2D eigenvalue weighted by Gasteiger charge is -2.31. The molecule has 18 heavy (non-hydrogen) atoms. The van der Waals surface area contributed by atoms with Crippen molar-refractivity contribution in [1.82, 2.24) is 4.90 Å². The Kier molecular flexibility index (Phi) is 6.44. The predicted octanol–water partition coefficient (Wildman–Crippen LogP) is 3.25. The molecule has 0 saturated carbocycles. The summed E-state index contributed by atoms with van der Waals surface area (Å²) in [7, 11) is 0. The number of hydrogen-bond donors (Lipinski definition) is 1. The zero-order valence-electron chi connectivity index (χ0n) is 10.9. The number of nitrogens with zero attached hydrogens (tertiary/aromatic N) is 1. The quantitative estimate of drug-likeness (QED) is 0.925. The highest BCUT2D eigenvalue weighted by Crippen LogP contribution is 2.23. The summed E-state index contributed by atoms with van der Waals surface area (Å²) in [5, 5.41) is 0.892. The normalized spacial score (nSPS) is 20.5. The van der Waals surface area contributed by atoms with E-state index in [1.165, 1.54) is 17.5 Å². The Morgan fingerprint density at radius 1 is 1.44 bits per heavy atom. The molecule has 0 amide bonds. The summed E-state index contributed by atoms with van der Waals surface area (Å²) in [4.78, 5) is 2.43. The summed E-state index contributed by atoms with van der Waals surface area (Å²) in [6.45, 7) is 5.25. The lowest BCUT2D eigenvalue weighted by molar-refractivity contribution is 0.201. The van der Waals surface area contributed by atoms with Crippen LogP contribution in [0.3, 0.4) is 0 Å². The molecule has 1 heterocycles. The zero-order valence-corrected chi connectivity index (χ0v) is 12.4. The van der Waals surface area contributed by atoms with Gasteiger partial charge in [0, 0.05) is 24.2 Å². The molecule has 0 unspecified atom stereocenters. The topological polar surface area (TPSA) is 29.3 Å². The number of likely N-dealkylation sites (tertiary alicyclic amines) is 1. The van der Waals surface area contributed by atoms with E-state index >= 15 is 0 Å². The number of nitrogens with two attached hydrogens (primary N) is 1. The van der Waals surface area contributed by atoms with Gasteiger partial charge in [-0.05, 0) is 43.0 Å². The first-order chi connectivity index (χ1) is 8.20. The van der Waals surface area contributed by atoms with Crippen LogP contribution in [0, 0.1) is 0 Å². The smallest absolute Gasteiger partial charge is 0.0453 e. The van der Waals surface area contributed by atoms with Crippen LogP contribution in [0.15, 0.2) is 18.2 Å². The fourth-order valence-electron chi connectivity index (χ4n) is 2.57. The highest BCUT2D eigenvalue weighted by molar-refractivity contribution is 6.31. The zero-order chi connectivity index (χ0) is 12.3. The number of aryl methyl sites for hydroxylation is 1. The Bertz CT molecular complexity index is 382. The van der Waals surface area contributed by atoms with Gasteiger partial charge in [0.25, 0.3) is 0 Å². The fraction of sp³-hybridized carbons (Fsp3) is 0.571. The van der Waals surface area contributed by atoms with Crippen LogP contribution in [0.2, 0.25) is 5.02 Å². The average molecular weight is 289 g/mol. The lowest BCUT2D eigenvalue weighted by Crippen LogP contribution is -2.42. The van der Waals surface area contributed by atoms with Crippen LogP contribution in [-0.4, -0.2) is 24.0 Å². The SMILES string of the molecule is CCc1cccc(Cl)c1CN1CCC[C@@H](N)C1.Cl. The van der Waals surface area contributed by atoms with E-state index in [2.05, 4.69) is 17.9 Å². The summed E-state index contributed by atoms with van der Waals surface area (Å²) >= 11 is 6.31. The third-order valence-electron chi connectivity index (χ3n) is 3.52. The molecule has 4 heteroatoms. The summed E-state index contributed by atoms with van der Waals surface area (Å²) < 4.78 is 0.